The SMILES string of the molecule is CCOC(=O)CCC(=O)CN(C)CC1CCCCC1. The molecule has 1 aliphatic carbocycles. The second kappa shape index (κ2) is 9.08. The van der Waals surface area contributed by atoms with Crippen LogP contribution in [0, 0.1) is 5.92 Å². The highest BCUT2D eigenvalue weighted by atomic mass is 16.5. The van der Waals surface area contributed by atoms with Crippen LogP contribution < -0.4 is 0 Å². The molecular weight excluding hydrogens is 242 g/mol. The topological polar surface area (TPSA) is 46.6 Å². The van der Waals surface area contributed by atoms with Crippen LogP contribution >= 0.6 is 0 Å². The molecule has 4 heteroatoms. The molecule has 0 aromatic rings. The molecule has 0 heterocycles. The summed E-state index contributed by atoms with van der Waals surface area (Å²) in [6.07, 6.45) is 7.11. The van der Waals surface area contributed by atoms with E-state index in [9.17, 15) is 9.59 Å². The van der Waals surface area contributed by atoms with Crippen LogP contribution in [0.3, 0.4) is 0 Å². The molecule has 0 radical (unpaired) electrons. The molecule has 0 aliphatic heterocycles. The number of ether oxygens (including phenoxy) is 1. The zero-order chi connectivity index (χ0) is 14.1. The highest BCUT2D eigenvalue weighted by Gasteiger charge is 2.17. The number of nitrogens with zero attached hydrogens (tertiary/aromatic N) is 1. The molecule has 1 saturated carbocycles. The lowest BCUT2D eigenvalue weighted by molar-refractivity contribution is -0.144. The van der Waals surface area contributed by atoms with Gasteiger partial charge in [0.2, 0.25) is 0 Å². The first-order valence-corrected chi connectivity index (χ1v) is 7.47. The van der Waals surface area contributed by atoms with Gasteiger partial charge in [0.15, 0.2) is 0 Å². The average molecular weight is 269 g/mol. The minimum Gasteiger partial charge on any atom is -0.466 e. The van der Waals surface area contributed by atoms with Gasteiger partial charge >= 0.3 is 5.97 Å². The average Bonchev–Trinajstić information content (AvgIpc) is 2.38. The first kappa shape index (κ1) is 16.2. The standard InChI is InChI=1S/C15H27NO3/c1-3-19-15(18)10-9-14(17)12-16(2)11-13-7-5-4-6-8-13/h13H,3-12H2,1-2H3. The Labute approximate surface area is 116 Å². The summed E-state index contributed by atoms with van der Waals surface area (Å²) in [5.74, 6) is 0.605. The number of ketones is 1. The first-order chi connectivity index (χ1) is 9.11. The maximum absolute atomic E-state index is 11.8. The molecule has 0 N–H and O–H groups in total. The third kappa shape index (κ3) is 7.31. The van der Waals surface area contributed by atoms with Crippen molar-refractivity contribution in [2.75, 3.05) is 26.7 Å². The van der Waals surface area contributed by atoms with Gasteiger partial charge in [-0.2, -0.15) is 0 Å². The van der Waals surface area contributed by atoms with E-state index >= 15 is 0 Å². The zero-order valence-electron chi connectivity index (χ0n) is 12.3. The van der Waals surface area contributed by atoms with E-state index in [1.54, 1.807) is 6.92 Å². The van der Waals surface area contributed by atoms with Crippen LogP contribution in [-0.2, 0) is 14.3 Å². The molecule has 0 aromatic carbocycles. The van der Waals surface area contributed by atoms with Gasteiger partial charge in [-0.3, -0.25) is 14.5 Å². The number of carbonyl (C=O) groups excluding carboxylic acids is 2. The summed E-state index contributed by atoms with van der Waals surface area (Å²) in [5.41, 5.74) is 0. The molecule has 110 valence electrons. The van der Waals surface area contributed by atoms with Crippen LogP contribution in [0.15, 0.2) is 0 Å². The molecule has 0 unspecified atom stereocenters. The van der Waals surface area contributed by atoms with E-state index in [2.05, 4.69) is 4.90 Å². The Balaban J connectivity index is 2.14. The lowest BCUT2D eigenvalue weighted by Gasteiger charge is -2.26. The fraction of sp³-hybridized carbons (Fsp3) is 0.867. The Morgan fingerprint density at radius 2 is 1.84 bits per heavy atom. The number of likely N-dealkylation sites (N-methyl/N-ethyl adjacent to an activating group) is 1. The van der Waals surface area contributed by atoms with Gasteiger partial charge in [0.25, 0.3) is 0 Å². The van der Waals surface area contributed by atoms with Gasteiger partial charge in [-0.1, -0.05) is 19.3 Å². The lowest BCUT2D eigenvalue weighted by atomic mass is 9.89. The van der Waals surface area contributed by atoms with Gasteiger partial charge in [0.05, 0.1) is 19.6 Å². The van der Waals surface area contributed by atoms with E-state index < -0.39 is 0 Å². The Bertz CT molecular complexity index is 285. The van der Waals surface area contributed by atoms with Crippen LogP contribution in [0.2, 0.25) is 0 Å². The molecule has 0 aromatic heterocycles. The summed E-state index contributed by atoms with van der Waals surface area (Å²) in [7, 11) is 2.00. The predicted octanol–water partition coefficient (Wildman–Crippen LogP) is 2.41. The predicted molar refractivity (Wildman–Crippen MR) is 74.9 cm³/mol. The second-order valence-corrected chi connectivity index (χ2v) is 5.54. The number of Topliss-reactive ketones (excluding diaryl/α,β-unsaturated/α-hetero) is 1. The smallest absolute Gasteiger partial charge is 0.306 e. The van der Waals surface area contributed by atoms with Crippen molar-refractivity contribution in [3.63, 3.8) is 0 Å². The molecule has 0 amide bonds. The maximum atomic E-state index is 11.8. The van der Waals surface area contributed by atoms with Crippen molar-refractivity contribution in [1.29, 1.82) is 0 Å². The Morgan fingerprint density at radius 3 is 2.47 bits per heavy atom. The van der Waals surface area contributed by atoms with Crippen LogP contribution in [0.5, 0.6) is 0 Å². The summed E-state index contributed by atoms with van der Waals surface area (Å²) in [4.78, 5) is 25.0. The fourth-order valence-corrected chi connectivity index (χ4v) is 2.73. The second-order valence-electron chi connectivity index (χ2n) is 5.54. The summed E-state index contributed by atoms with van der Waals surface area (Å²) < 4.78 is 4.81. The molecule has 19 heavy (non-hydrogen) atoms. The molecule has 1 fully saturated rings. The Morgan fingerprint density at radius 1 is 1.16 bits per heavy atom. The molecule has 0 bridgehead atoms. The van der Waals surface area contributed by atoms with E-state index in [0.717, 1.165) is 12.5 Å². The van der Waals surface area contributed by atoms with E-state index in [0.29, 0.717) is 19.6 Å². The normalized spacial score (nSPS) is 16.6. The van der Waals surface area contributed by atoms with Crippen molar-refractivity contribution >= 4 is 11.8 Å². The molecule has 1 rings (SSSR count). The third-order valence-electron chi connectivity index (χ3n) is 3.65. The van der Waals surface area contributed by atoms with Gasteiger partial charge in [0.1, 0.15) is 5.78 Å². The first-order valence-electron chi connectivity index (χ1n) is 7.47. The molecular formula is C15H27NO3. The van der Waals surface area contributed by atoms with Gasteiger partial charge in [0, 0.05) is 13.0 Å². The zero-order valence-corrected chi connectivity index (χ0v) is 12.3. The number of hydrogen-bond donors (Lipinski definition) is 0. The molecule has 0 saturated heterocycles. The van der Waals surface area contributed by atoms with Crippen LogP contribution in [-0.4, -0.2) is 43.4 Å². The highest BCUT2D eigenvalue weighted by molar-refractivity contribution is 5.84. The molecule has 4 nitrogen and oxygen atoms in total. The third-order valence-corrected chi connectivity index (χ3v) is 3.65. The van der Waals surface area contributed by atoms with Gasteiger partial charge in [-0.25, -0.2) is 0 Å². The minimum absolute atomic E-state index is 0.131. The van der Waals surface area contributed by atoms with Crippen molar-refractivity contribution in [3.05, 3.63) is 0 Å². The van der Waals surface area contributed by atoms with E-state index in [1.807, 2.05) is 7.05 Å². The van der Waals surface area contributed by atoms with Gasteiger partial charge in [-0.15, -0.1) is 0 Å². The number of esters is 1. The highest BCUT2D eigenvalue weighted by Crippen LogP contribution is 2.23. The monoisotopic (exact) mass is 269 g/mol. The molecule has 0 spiro atoms. The summed E-state index contributed by atoms with van der Waals surface area (Å²) in [6, 6.07) is 0. The van der Waals surface area contributed by atoms with E-state index in [4.69, 9.17) is 4.74 Å². The fourth-order valence-electron chi connectivity index (χ4n) is 2.73. The number of carbonyl (C=O) groups is 2. The van der Waals surface area contributed by atoms with Crippen molar-refractivity contribution < 1.29 is 14.3 Å². The van der Waals surface area contributed by atoms with Gasteiger partial charge in [-0.05, 0) is 32.7 Å². The van der Waals surface area contributed by atoms with Crippen molar-refractivity contribution in [2.45, 2.75) is 51.9 Å². The summed E-state index contributed by atoms with van der Waals surface area (Å²) in [6.45, 7) is 3.62. The van der Waals surface area contributed by atoms with Crippen molar-refractivity contribution in [3.8, 4) is 0 Å². The van der Waals surface area contributed by atoms with Crippen molar-refractivity contribution in [1.82, 2.24) is 4.90 Å². The van der Waals surface area contributed by atoms with Gasteiger partial charge < -0.3 is 4.74 Å². The van der Waals surface area contributed by atoms with Crippen LogP contribution in [0.1, 0.15) is 51.9 Å². The lowest BCUT2D eigenvalue weighted by Crippen LogP contribution is -2.31. The number of rotatable bonds is 8. The van der Waals surface area contributed by atoms with E-state index in [1.165, 1.54) is 32.1 Å². The molecule has 1 aliphatic rings. The largest absolute Gasteiger partial charge is 0.466 e. The Kier molecular flexibility index (Phi) is 7.72. The summed E-state index contributed by atoms with van der Waals surface area (Å²) in [5, 5.41) is 0. The minimum atomic E-state index is -0.272. The van der Waals surface area contributed by atoms with Crippen LogP contribution in [0.25, 0.3) is 0 Å². The quantitative estimate of drug-likeness (QED) is 0.635. The van der Waals surface area contributed by atoms with Crippen LogP contribution in [0.4, 0.5) is 0 Å². The molecule has 0 atom stereocenters. The number of hydrogen-bond acceptors (Lipinski definition) is 4. The maximum Gasteiger partial charge on any atom is 0.306 e. The van der Waals surface area contributed by atoms with E-state index in [-0.39, 0.29) is 18.2 Å². The Hall–Kier alpha value is -0.900. The van der Waals surface area contributed by atoms with Crippen molar-refractivity contribution in [2.24, 2.45) is 5.92 Å². The summed E-state index contributed by atoms with van der Waals surface area (Å²) >= 11 is 0.